The number of sulfonamides is 1. The van der Waals surface area contributed by atoms with Gasteiger partial charge in [-0.2, -0.15) is 4.31 Å². The zero-order valence-electron chi connectivity index (χ0n) is 17.3. The predicted molar refractivity (Wildman–Crippen MR) is 113 cm³/mol. The average molecular weight is 435 g/mol. The summed E-state index contributed by atoms with van der Waals surface area (Å²) in [6, 6.07) is 11.3. The van der Waals surface area contributed by atoms with Crippen LogP contribution in [0.25, 0.3) is 0 Å². The molecule has 0 aliphatic carbocycles. The summed E-state index contributed by atoms with van der Waals surface area (Å²) >= 11 is 0. The molecule has 1 aliphatic rings. The molecular weight excluding hydrogens is 408 g/mol. The second-order valence-corrected chi connectivity index (χ2v) is 8.84. The summed E-state index contributed by atoms with van der Waals surface area (Å²) in [4.78, 5) is 12.8. The average Bonchev–Trinajstić information content (AvgIpc) is 3.30. The van der Waals surface area contributed by atoms with E-state index >= 15 is 0 Å². The third-order valence-electron chi connectivity index (χ3n) is 4.87. The molecule has 30 heavy (non-hydrogen) atoms. The molecule has 8 nitrogen and oxygen atoms in total. The number of anilines is 1. The minimum absolute atomic E-state index is 0.115. The highest BCUT2D eigenvalue weighted by Gasteiger charge is 2.28. The number of carbonyl (C=O) groups is 1. The zero-order chi connectivity index (χ0) is 21.7. The molecule has 0 radical (unpaired) electrons. The first-order chi connectivity index (χ1) is 14.3. The van der Waals surface area contributed by atoms with Gasteiger partial charge in [-0.05, 0) is 62.2 Å². The molecule has 0 spiro atoms. The van der Waals surface area contributed by atoms with Gasteiger partial charge >= 0.3 is 0 Å². The Hall–Kier alpha value is -2.78. The monoisotopic (exact) mass is 434 g/mol. The maximum Gasteiger partial charge on any atom is 0.265 e. The largest absolute Gasteiger partial charge is 0.497 e. The molecule has 1 fully saturated rings. The van der Waals surface area contributed by atoms with E-state index in [1.165, 1.54) is 29.6 Å². The molecule has 1 amide bonds. The molecule has 162 valence electrons. The Bertz CT molecular complexity index is 985. The third-order valence-corrected chi connectivity index (χ3v) is 6.77. The van der Waals surface area contributed by atoms with E-state index in [9.17, 15) is 13.2 Å². The highest BCUT2D eigenvalue weighted by Crippen LogP contribution is 2.30. The van der Waals surface area contributed by atoms with Crippen molar-refractivity contribution in [1.29, 1.82) is 0 Å². The quantitative estimate of drug-likeness (QED) is 0.687. The molecule has 2 aromatic rings. The minimum Gasteiger partial charge on any atom is -0.497 e. The van der Waals surface area contributed by atoms with Crippen LogP contribution >= 0.6 is 0 Å². The molecule has 9 heteroatoms. The number of hydrogen-bond donors (Lipinski definition) is 1. The predicted octanol–water partition coefficient (Wildman–Crippen LogP) is 2.89. The lowest BCUT2D eigenvalue weighted by molar-refractivity contribution is -0.122. The zero-order valence-corrected chi connectivity index (χ0v) is 18.1. The molecule has 0 aromatic heterocycles. The van der Waals surface area contributed by atoms with E-state index in [2.05, 4.69) is 5.32 Å². The number of rotatable bonds is 8. The summed E-state index contributed by atoms with van der Waals surface area (Å²) in [5.41, 5.74) is 0.271. The molecule has 1 atom stereocenters. The van der Waals surface area contributed by atoms with Gasteiger partial charge in [0.2, 0.25) is 10.0 Å². The molecule has 3 rings (SSSR count). The molecule has 1 saturated heterocycles. The fourth-order valence-electron chi connectivity index (χ4n) is 3.17. The molecule has 2 aromatic carbocycles. The number of hydrogen-bond acceptors (Lipinski definition) is 6. The van der Waals surface area contributed by atoms with Crippen molar-refractivity contribution in [3.05, 3.63) is 42.5 Å². The van der Waals surface area contributed by atoms with Crippen molar-refractivity contribution in [2.45, 2.75) is 30.8 Å². The number of nitrogens with one attached hydrogen (secondary N) is 1. The summed E-state index contributed by atoms with van der Waals surface area (Å²) in [7, 11) is -0.592. The van der Waals surface area contributed by atoms with Crippen LogP contribution in [0.15, 0.2) is 47.4 Å². The molecule has 0 bridgehead atoms. The summed E-state index contributed by atoms with van der Waals surface area (Å²) in [5.74, 6) is 1.12. The Morgan fingerprint density at radius 1 is 1.00 bits per heavy atom. The van der Waals surface area contributed by atoms with Crippen molar-refractivity contribution in [3.8, 4) is 17.2 Å². The molecule has 0 unspecified atom stereocenters. The Kier molecular flexibility index (Phi) is 6.84. The van der Waals surface area contributed by atoms with Gasteiger partial charge in [-0.25, -0.2) is 8.42 Å². The van der Waals surface area contributed by atoms with Crippen molar-refractivity contribution in [3.63, 3.8) is 0 Å². The lowest BCUT2D eigenvalue weighted by atomic mass is 10.2. The summed E-state index contributed by atoms with van der Waals surface area (Å²) in [5, 5.41) is 2.71. The second-order valence-electron chi connectivity index (χ2n) is 6.90. The molecule has 1 heterocycles. The van der Waals surface area contributed by atoms with Gasteiger partial charge in [-0.1, -0.05) is 0 Å². The van der Waals surface area contributed by atoms with Gasteiger partial charge in [-0.3, -0.25) is 4.79 Å². The van der Waals surface area contributed by atoms with E-state index in [1.54, 1.807) is 38.3 Å². The smallest absolute Gasteiger partial charge is 0.265 e. The van der Waals surface area contributed by atoms with Crippen LogP contribution in [-0.4, -0.2) is 52.0 Å². The number of nitrogens with zero attached hydrogens (tertiary/aromatic N) is 1. The van der Waals surface area contributed by atoms with E-state index in [4.69, 9.17) is 14.2 Å². The normalized spacial score (nSPS) is 15.4. The highest BCUT2D eigenvalue weighted by molar-refractivity contribution is 7.89. The van der Waals surface area contributed by atoms with Crippen LogP contribution in [0.2, 0.25) is 0 Å². The van der Waals surface area contributed by atoms with Crippen LogP contribution < -0.4 is 19.5 Å². The van der Waals surface area contributed by atoms with Crippen molar-refractivity contribution in [1.82, 2.24) is 4.31 Å². The third kappa shape index (κ3) is 4.85. The minimum atomic E-state index is -3.61. The molecular formula is C21H26N2O6S. The molecule has 1 aliphatic heterocycles. The van der Waals surface area contributed by atoms with Gasteiger partial charge in [-0.15, -0.1) is 0 Å². The number of amides is 1. The number of benzene rings is 2. The van der Waals surface area contributed by atoms with Crippen LogP contribution in [0.1, 0.15) is 19.8 Å². The lowest BCUT2D eigenvalue weighted by Gasteiger charge is -2.19. The summed E-state index contributed by atoms with van der Waals surface area (Å²) in [6.07, 6.45) is 0.875. The Morgan fingerprint density at radius 3 is 2.23 bits per heavy atom. The maximum atomic E-state index is 12.8. The standard InChI is InChI=1S/C21H26N2O6S/c1-15(29-17-8-6-16(27-2)7-9-17)21(24)22-19-14-18(10-11-20(19)28-3)30(25,26)23-12-4-5-13-23/h6-11,14-15H,4-5,12-13H2,1-3H3,(H,22,24)/t15-/m0/s1. The van der Waals surface area contributed by atoms with Crippen molar-refractivity contribution in [2.75, 3.05) is 32.6 Å². The van der Waals surface area contributed by atoms with E-state index in [1.807, 2.05) is 0 Å². The van der Waals surface area contributed by atoms with Gasteiger partial charge in [0.25, 0.3) is 5.91 Å². The van der Waals surface area contributed by atoms with Gasteiger partial charge in [0.15, 0.2) is 6.10 Å². The first-order valence-electron chi connectivity index (χ1n) is 9.65. The van der Waals surface area contributed by atoms with Crippen LogP contribution in [0.5, 0.6) is 17.2 Å². The van der Waals surface area contributed by atoms with E-state index in [0.717, 1.165) is 12.8 Å². The first-order valence-corrected chi connectivity index (χ1v) is 11.1. The topological polar surface area (TPSA) is 94.2 Å². The Balaban J connectivity index is 1.75. The van der Waals surface area contributed by atoms with Gasteiger partial charge in [0.1, 0.15) is 17.2 Å². The van der Waals surface area contributed by atoms with Crippen molar-refractivity contribution >= 4 is 21.6 Å². The SMILES string of the molecule is COc1ccc(O[C@@H](C)C(=O)Nc2cc(S(=O)(=O)N3CCCC3)ccc2OC)cc1. The molecule has 1 N–H and O–H groups in total. The maximum absolute atomic E-state index is 12.8. The van der Waals surface area contributed by atoms with Crippen LogP contribution in [-0.2, 0) is 14.8 Å². The van der Waals surface area contributed by atoms with Gasteiger partial charge in [0.05, 0.1) is 24.8 Å². The van der Waals surface area contributed by atoms with E-state index in [-0.39, 0.29) is 10.6 Å². The first kappa shape index (κ1) is 21.9. The fourth-order valence-corrected chi connectivity index (χ4v) is 4.71. The Morgan fingerprint density at radius 2 is 1.63 bits per heavy atom. The fraction of sp³-hybridized carbons (Fsp3) is 0.381. The number of methoxy groups -OCH3 is 2. The lowest BCUT2D eigenvalue weighted by Crippen LogP contribution is -2.31. The van der Waals surface area contributed by atoms with Crippen LogP contribution in [0.4, 0.5) is 5.69 Å². The van der Waals surface area contributed by atoms with Crippen LogP contribution in [0, 0.1) is 0 Å². The molecule has 0 saturated carbocycles. The van der Waals surface area contributed by atoms with E-state index < -0.39 is 22.0 Å². The number of ether oxygens (including phenoxy) is 3. The number of carbonyl (C=O) groups excluding carboxylic acids is 1. The second kappa shape index (κ2) is 9.36. The van der Waals surface area contributed by atoms with Gasteiger partial charge in [0, 0.05) is 13.1 Å². The van der Waals surface area contributed by atoms with Gasteiger partial charge < -0.3 is 19.5 Å². The summed E-state index contributed by atoms with van der Waals surface area (Å²) < 4.78 is 43.2. The van der Waals surface area contributed by atoms with E-state index in [0.29, 0.717) is 30.3 Å². The highest BCUT2D eigenvalue weighted by atomic mass is 32.2. The van der Waals surface area contributed by atoms with Crippen molar-refractivity contribution in [2.24, 2.45) is 0 Å². The van der Waals surface area contributed by atoms with Crippen molar-refractivity contribution < 1.29 is 27.4 Å². The summed E-state index contributed by atoms with van der Waals surface area (Å²) in [6.45, 7) is 2.61. The Labute approximate surface area is 176 Å². The van der Waals surface area contributed by atoms with Crippen LogP contribution in [0.3, 0.4) is 0 Å².